The fraction of sp³-hybridized carbons (Fsp3) is 0.333. The maximum atomic E-state index is 11.1. The van der Waals surface area contributed by atoms with Crippen LogP contribution in [0.2, 0.25) is 0 Å². The molecule has 70 valence electrons. The molecule has 0 fully saturated rings. The summed E-state index contributed by atoms with van der Waals surface area (Å²) in [5.41, 5.74) is 0.629. The minimum absolute atomic E-state index is 0.0874. The van der Waals surface area contributed by atoms with Crippen LogP contribution in [0.25, 0.3) is 11.0 Å². The van der Waals surface area contributed by atoms with Crippen molar-refractivity contribution in [3.05, 3.63) is 28.9 Å². The van der Waals surface area contributed by atoms with E-state index in [9.17, 15) is 4.79 Å². The van der Waals surface area contributed by atoms with E-state index in [0.29, 0.717) is 11.0 Å². The third kappa shape index (κ3) is 1.61. The molecule has 4 heteroatoms. The van der Waals surface area contributed by atoms with Crippen molar-refractivity contribution in [2.75, 3.05) is 0 Å². The zero-order valence-corrected chi connectivity index (χ0v) is 8.03. The van der Waals surface area contributed by atoms with Gasteiger partial charge in [0.15, 0.2) is 0 Å². The van der Waals surface area contributed by atoms with Crippen LogP contribution in [0.5, 0.6) is 0 Å². The van der Waals surface area contributed by atoms with Gasteiger partial charge in [-0.15, -0.1) is 0 Å². The van der Waals surface area contributed by atoms with E-state index in [1.54, 1.807) is 6.07 Å². The number of aryl methyl sites for hydroxylation is 1. The summed E-state index contributed by atoms with van der Waals surface area (Å²) in [6, 6.07) is 1.75. The first kappa shape index (κ1) is 9.51. The minimum Gasteiger partial charge on any atom is -0.335 e. The Morgan fingerprint density at radius 2 is 2.15 bits per heavy atom. The second-order valence-electron chi connectivity index (χ2n) is 2.40. The van der Waals surface area contributed by atoms with Gasteiger partial charge in [-0.25, -0.2) is 4.98 Å². The molecular formula is C9H13N3O. The van der Waals surface area contributed by atoms with Crippen LogP contribution in [0.3, 0.4) is 0 Å². The Bertz CT molecular complexity index is 441. The molecule has 1 N–H and O–H groups in total. The van der Waals surface area contributed by atoms with Gasteiger partial charge in [0, 0.05) is 13.2 Å². The molecule has 4 nitrogen and oxygen atoms in total. The zero-order valence-electron chi connectivity index (χ0n) is 8.03. The second kappa shape index (κ2) is 3.89. The van der Waals surface area contributed by atoms with Crippen molar-refractivity contribution in [2.45, 2.75) is 13.8 Å². The molecule has 0 bridgehead atoms. The molecule has 2 heterocycles. The molecule has 2 aromatic rings. The van der Waals surface area contributed by atoms with Crippen LogP contribution < -0.4 is 5.56 Å². The molecule has 0 saturated carbocycles. The molecule has 0 amide bonds. The first-order valence-corrected chi connectivity index (χ1v) is 4.28. The normalized spacial score (nSPS) is 9.46. The molecule has 0 aliphatic rings. The average Bonchev–Trinajstić information content (AvgIpc) is 2.53. The van der Waals surface area contributed by atoms with Crippen molar-refractivity contribution in [1.82, 2.24) is 14.5 Å². The van der Waals surface area contributed by atoms with E-state index in [-0.39, 0.29) is 5.56 Å². The van der Waals surface area contributed by atoms with E-state index in [4.69, 9.17) is 0 Å². The van der Waals surface area contributed by atoms with Crippen LogP contribution in [-0.2, 0) is 7.05 Å². The molecule has 0 aliphatic carbocycles. The van der Waals surface area contributed by atoms with E-state index < -0.39 is 0 Å². The van der Waals surface area contributed by atoms with Crippen LogP contribution in [0.15, 0.2) is 23.4 Å². The van der Waals surface area contributed by atoms with Gasteiger partial charge in [0.2, 0.25) is 0 Å². The molecule has 0 saturated heterocycles. The molecule has 13 heavy (non-hydrogen) atoms. The number of aromatic nitrogens is 3. The van der Waals surface area contributed by atoms with Gasteiger partial charge < -0.3 is 9.55 Å². The zero-order chi connectivity index (χ0) is 9.84. The molecule has 2 rings (SSSR count). The number of H-pyrrole nitrogens is 1. The Morgan fingerprint density at radius 3 is 2.77 bits per heavy atom. The summed E-state index contributed by atoms with van der Waals surface area (Å²) in [6.45, 7) is 4.00. The Hall–Kier alpha value is -1.58. The monoisotopic (exact) mass is 179 g/mol. The largest absolute Gasteiger partial charge is 0.335 e. The summed E-state index contributed by atoms with van der Waals surface area (Å²) in [6.07, 6.45) is 3.22. The van der Waals surface area contributed by atoms with Gasteiger partial charge in [-0.2, -0.15) is 0 Å². The lowest BCUT2D eigenvalue weighted by molar-refractivity contribution is 0.941. The van der Waals surface area contributed by atoms with Gasteiger partial charge in [-0.05, 0) is 6.07 Å². The van der Waals surface area contributed by atoms with Crippen LogP contribution in [0.1, 0.15) is 13.8 Å². The Labute approximate surface area is 76.2 Å². The van der Waals surface area contributed by atoms with E-state index in [1.165, 1.54) is 6.33 Å². The lowest BCUT2D eigenvalue weighted by atomic mass is 10.4. The quantitative estimate of drug-likeness (QED) is 0.662. The van der Waals surface area contributed by atoms with Crippen molar-refractivity contribution in [1.29, 1.82) is 0 Å². The minimum atomic E-state index is -0.0874. The van der Waals surface area contributed by atoms with Gasteiger partial charge in [0.1, 0.15) is 5.65 Å². The second-order valence-corrected chi connectivity index (χ2v) is 2.40. The Kier molecular flexibility index (Phi) is 2.84. The SMILES string of the molecule is CC.Cn1ccc2c(=O)[nH]cnc21. The van der Waals surface area contributed by atoms with Crippen molar-refractivity contribution in [3.63, 3.8) is 0 Å². The van der Waals surface area contributed by atoms with E-state index >= 15 is 0 Å². The van der Waals surface area contributed by atoms with Gasteiger partial charge >= 0.3 is 0 Å². The highest BCUT2D eigenvalue weighted by Crippen LogP contribution is 2.03. The maximum absolute atomic E-state index is 11.1. The molecule has 0 aliphatic heterocycles. The third-order valence-electron chi connectivity index (χ3n) is 1.67. The number of aromatic amines is 1. The first-order chi connectivity index (χ1) is 6.29. The third-order valence-corrected chi connectivity index (χ3v) is 1.67. The number of nitrogens with one attached hydrogen (secondary N) is 1. The molecule has 0 radical (unpaired) electrons. The van der Waals surface area contributed by atoms with E-state index in [0.717, 1.165) is 0 Å². The first-order valence-electron chi connectivity index (χ1n) is 4.28. The molecule has 0 spiro atoms. The highest BCUT2D eigenvalue weighted by Gasteiger charge is 2.00. The predicted molar refractivity (Wildman–Crippen MR) is 52.7 cm³/mol. The number of fused-ring (bicyclic) bond motifs is 1. The molecule has 0 atom stereocenters. The van der Waals surface area contributed by atoms with Crippen molar-refractivity contribution in [2.24, 2.45) is 7.05 Å². The molecule has 0 aromatic carbocycles. The summed E-state index contributed by atoms with van der Waals surface area (Å²) in [5, 5.41) is 0.634. The van der Waals surface area contributed by atoms with Crippen LogP contribution >= 0.6 is 0 Å². The average molecular weight is 179 g/mol. The summed E-state index contributed by atoms with van der Waals surface area (Å²) >= 11 is 0. The highest BCUT2D eigenvalue weighted by molar-refractivity contribution is 5.74. The predicted octanol–water partition coefficient (Wildman–Crippen LogP) is 1.29. The number of hydrogen-bond donors (Lipinski definition) is 1. The summed E-state index contributed by atoms with van der Waals surface area (Å²) in [4.78, 5) is 17.6. The highest BCUT2D eigenvalue weighted by atomic mass is 16.1. The van der Waals surface area contributed by atoms with Crippen LogP contribution in [0.4, 0.5) is 0 Å². The summed E-state index contributed by atoms with van der Waals surface area (Å²) in [7, 11) is 1.86. The fourth-order valence-electron chi connectivity index (χ4n) is 1.09. The van der Waals surface area contributed by atoms with Crippen molar-refractivity contribution >= 4 is 11.0 Å². The number of hydrogen-bond acceptors (Lipinski definition) is 2. The van der Waals surface area contributed by atoms with Gasteiger partial charge in [-0.1, -0.05) is 13.8 Å². The Balaban J connectivity index is 0.000000396. The van der Waals surface area contributed by atoms with E-state index in [1.807, 2.05) is 31.7 Å². The number of rotatable bonds is 0. The Morgan fingerprint density at radius 1 is 1.46 bits per heavy atom. The summed E-state index contributed by atoms with van der Waals surface area (Å²) < 4.78 is 1.81. The topological polar surface area (TPSA) is 50.7 Å². The smallest absolute Gasteiger partial charge is 0.260 e. The molecule has 0 unspecified atom stereocenters. The fourth-order valence-corrected chi connectivity index (χ4v) is 1.09. The maximum Gasteiger partial charge on any atom is 0.260 e. The standard InChI is InChI=1S/C7H7N3O.C2H6/c1-10-3-2-5-6(10)8-4-9-7(5)11;1-2/h2-4H,1H3,(H,8,9,11);1-2H3. The molecular weight excluding hydrogens is 166 g/mol. The van der Waals surface area contributed by atoms with Gasteiger partial charge in [0.05, 0.1) is 11.7 Å². The van der Waals surface area contributed by atoms with Crippen LogP contribution in [0, 0.1) is 0 Å². The van der Waals surface area contributed by atoms with E-state index in [2.05, 4.69) is 9.97 Å². The van der Waals surface area contributed by atoms with Gasteiger partial charge in [0.25, 0.3) is 5.56 Å². The van der Waals surface area contributed by atoms with Crippen LogP contribution in [-0.4, -0.2) is 14.5 Å². The lowest BCUT2D eigenvalue weighted by Gasteiger charge is -1.91. The summed E-state index contributed by atoms with van der Waals surface area (Å²) in [5.74, 6) is 0. The molecule has 2 aromatic heterocycles. The van der Waals surface area contributed by atoms with Gasteiger partial charge in [-0.3, -0.25) is 4.79 Å². The van der Waals surface area contributed by atoms with Crippen molar-refractivity contribution in [3.8, 4) is 0 Å². The lowest BCUT2D eigenvalue weighted by Crippen LogP contribution is -2.05. The number of nitrogens with zero attached hydrogens (tertiary/aromatic N) is 2. The van der Waals surface area contributed by atoms with Crippen molar-refractivity contribution < 1.29 is 0 Å².